The monoisotopic (exact) mass is 332 g/mol. The van der Waals surface area contributed by atoms with Crippen molar-refractivity contribution in [3.05, 3.63) is 23.8 Å². The number of rotatable bonds is 8. The lowest BCUT2D eigenvalue weighted by Crippen LogP contribution is -2.20. The van der Waals surface area contributed by atoms with Crippen LogP contribution in [0.3, 0.4) is 0 Å². The molecule has 1 atom stereocenters. The van der Waals surface area contributed by atoms with E-state index in [0.717, 1.165) is 13.4 Å². The van der Waals surface area contributed by atoms with Gasteiger partial charge >= 0.3 is 5.97 Å². The third kappa shape index (κ3) is 5.53. The highest BCUT2D eigenvalue weighted by molar-refractivity contribution is 7.86. The van der Waals surface area contributed by atoms with Gasteiger partial charge in [-0.3, -0.25) is 4.18 Å². The summed E-state index contributed by atoms with van der Waals surface area (Å²) in [6, 6.07) is 4.67. The Hall–Kier alpha value is -1.80. The van der Waals surface area contributed by atoms with Crippen LogP contribution in [-0.2, 0) is 23.8 Å². The highest BCUT2D eigenvalue weighted by atomic mass is 32.2. The van der Waals surface area contributed by atoms with Crippen molar-refractivity contribution in [1.82, 2.24) is 0 Å². The minimum atomic E-state index is -3.86. The van der Waals surface area contributed by atoms with Gasteiger partial charge in [-0.25, -0.2) is 4.79 Å². The molecule has 0 heterocycles. The first-order valence-electron chi connectivity index (χ1n) is 6.67. The van der Waals surface area contributed by atoms with Crippen molar-refractivity contribution in [2.75, 3.05) is 26.6 Å². The van der Waals surface area contributed by atoms with Crippen LogP contribution in [0.2, 0.25) is 0 Å². The van der Waals surface area contributed by atoms with Gasteiger partial charge in [-0.1, -0.05) is 0 Å². The standard InChI is InChI=1S/C14H20O7S/c1-5-19-11-7-10(8-12(9-11)20-6-2)13(14(15)18-3)21-22(4,16)17/h7-9,13H,5-6H2,1-4H3. The Labute approximate surface area is 130 Å². The van der Waals surface area contributed by atoms with Crippen molar-refractivity contribution < 1.29 is 31.6 Å². The van der Waals surface area contributed by atoms with E-state index in [4.69, 9.17) is 13.7 Å². The van der Waals surface area contributed by atoms with E-state index in [9.17, 15) is 13.2 Å². The predicted molar refractivity (Wildman–Crippen MR) is 79.5 cm³/mol. The van der Waals surface area contributed by atoms with E-state index in [2.05, 4.69) is 4.74 Å². The molecule has 0 saturated heterocycles. The van der Waals surface area contributed by atoms with E-state index in [1.165, 1.54) is 12.1 Å². The van der Waals surface area contributed by atoms with Gasteiger partial charge in [0.15, 0.2) is 6.10 Å². The van der Waals surface area contributed by atoms with Crippen molar-refractivity contribution >= 4 is 16.1 Å². The van der Waals surface area contributed by atoms with Gasteiger partial charge in [0, 0.05) is 11.6 Å². The molecule has 0 aromatic heterocycles. The van der Waals surface area contributed by atoms with E-state index in [0.29, 0.717) is 24.7 Å². The second kappa shape index (κ2) is 8.00. The van der Waals surface area contributed by atoms with Crippen LogP contribution in [0.5, 0.6) is 11.5 Å². The van der Waals surface area contributed by atoms with Crippen molar-refractivity contribution in [2.45, 2.75) is 20.0 Å². The Morgan fingerprint density at radius 3 is 1.95 bits per heavy atom. The molecule has 1 unspecified atom stereocenters. The van der Waals surface area contributed by atoms with Gasteiger partial charge in [-0.15, -0.1) is 0 Å². The molecule has 0 aliphatic heterocycles. The van der Waals surface area contributed by atoms with Crippen LogP contribution < -0.4 is 9.47 Å². The summed E-state index contributed by atoms with van der Waals surface area (Å²) in [4.78, 5) is 11.8. The highest BCUT2D eigenvalue weighted by Crippen LogP contribution is 2.30. The molecule has 22 heavy (non-hydrogen) atoms. The van der Waals surface area contributed by atoms with Gasteiger partial charge in [0.05, 0.1) is 26.6 Å². The molecule has 124 valence electrons. The van der Waals surface area contributed by atoms with Crippen molar-refractivity contribution in [1.29, 1.82) is 0 Å². The topological polar surface area (TPSA) is 88.1 Å². The molecule has 8 heteroatoms. The first-order chi connectivity index (χ1) is 10.3. The SMILES string of the molecule is CCOc1cc(OCC)cc(C(OS(C)(=O)=O)C(=O)OC)c1. The number of methoxy groups -OCH3 is 1. The maximum absolute atomic E-state index is 11.8. The highest BCUT2D eigenvalue weighted by Gasteiger charge is 2.28. The summed E-state index contributed by atoms with van der Waals surface area (Å²) < 4.78 is 42.9. The molecule has 1 aromatic carbocycles. The number of benzene rings is 1. The summed E-state index contributed by atoms with van der Waals surface area (Å²) >= 11 is 0. The summed E-state index contributed by atoms with van der Waals surface area (Å²) in [7, 11) is -2.71. The second-order valence-electron chi connectivity index (χ2n) is 4.31. The second-order valence-corrected chi connectivity index (χ2v) is 5.91. The maximum atomic E-state index is 11.8. The van der Waals surface area contributed by atoms with Crippen LogP contribution in [0, 0.1) is 0 Å². The zero-order valence-electron chi connectivity index (χ0n) is 13.0. The molecule has 7 nitrogen and oxygen atoms in total. The number of hydrogen-bond donors (Lipinski definition) is 0. The molecule has 0 saturated carbocycles. The zero-order chi connectivity index (χ0) is 16.8. The molecule has 1 aromatic rings. The molecule has 0 amide bonds. The number of carbonyl (C=O) groups is 1. The van der Waals surface area contributed by atoms with Gasteiger partial charge < -0.3 is 14.2 Å². The third-order valence-corrected chi connectivity index (χ3v) is 3.06. The van der Waals surface area contributed by atoms with E-state index in [-0.39, 0.29) is 5.56 Å². The lowest BCUT2D eigenvalue weighted by atomic mass is 10.1. The molecule has 0 spiro atoms. The van der Waals surface area contributed by atoms with Gasteiger partial charge in [-0.2, -0.15) is 8.42 Å². The Bertz CT molecular complexity index is 585. The summed E-state index contributed by atoms with van der Waals surface area (Å²) in [5, 5.41) is 0. The lowest BCUT2D eigenvalue weighted by Gasteiger charge is -2.17. The molecule has 1 rings (SSSR count). The largest absolute Gasteiger partial charge is 0.494 e. The molecule has 0 aliphatic carbocycles. The average Bonchev–Trinajstić information content (AvgIpc) is 2.43. The van der Waals surface area contributed by atoms with Crippen LogP contribution in [-0.4, -0.2) is 41.0 Å². The molecule has 0 aliphatic rings. The lowest BCUT2D eigenvalue weighted by molar-refractivity contribution is -0.149. The Kier molecular flexibility index (Phi) is 6.63. The van der Waals surface area contributed by atoms with Crippen LogP contribution in [0.1, 0.15) is 25.5 Å². The van der Waals surface area contributed by atoms with Crippen LogP contribution in [0.4, 0.5) is 0 Å². The first kappa shape index (κ1) is 18.2. The first-order valence-corrected chi connectivity index (χ1v) is 8.49. The molecular formula is C14H20O7S. The fourth-order valence-electron chi connectivity index (χ4n) is 1.76. The minimum absolute atomic E-state index is 0.270. The predicted octanol–water partition coefficient (Wildman–Crippen LogP) is 1.67. The molecule has 0 N–H and O–H groups in total. The molecule has 0 radical (unpaired) electrons. The summed E-state index contributed by atoms with van der Waals surface area (Å²) in [5.74, 6) is 0.0467. The van der Waals surface area contributed by atoms with Crippen LogP contribution in [0.15, 0.2) is 18.2 Å². The van der Waals surface area contributed by atoms with Gasteiger partial charge in [-0.05, 0) is 26.0 Å². The fraction of sp³-hybridized carbons (Fsp3) is 0.500. The average molecular weight is 332 g/mol. The zero-order valence-corrected chi connectivity index (χ0v) is 13.8. The number of esters is 1. The maximum Gasteiger partial charge on any atom is 0.341 e. The Morgan fingerprint density at radius 1 is 1.09 bits per heavy atom. The number of hydrogen-bond acceptors (Lipinski definition) is 7. The molecule has 0 fully saturated rings. The third-order valence-electron chi connectivity index (χ3n) is 2.51. The van der Waals surface area contributed by atoms with Crippen molar-refractivity contribution in [3.8, 4) is 11.5 Å². The van der Waals surface area contributed by atoms with Crippen molar-refractivity contribution in [2.24, 2.45) is 0 Å². The Balaban J connectivity index is 3.29. The van der Waals surface area contributed by atoms with Gasteiger partial charge in [0.2, 0.25) is 0 Å². The number of carbonyl (C=O) groups excluding carboxylic acids is 1. The van der Waals surface area contributed by atoms with E-state index in [1.54, 1.807) is 19.9 Å². The van der Waals surface area contributed by atoms with Gasteiger partial charge in [0.1, 0.15) is 11.5 Å². The number of ether oxygens (including phenoxy) is 3. The van der Waals surface area contributed by atoms with Crippen LogP contribution >= 0.6 is 0 Å². The van der Waals surface area contributed by atoms with E-state index in [1.807, 2.05) is 0 Å². The fourth-order valence-corrected chi connectivity index (χ4v) is 2.30. The van der Waals surface area contributed by atoms with Gasteiger partial charge in [0.25, 0.3) is 10.1 Å². The molecular weight excluding hydrogens is 312 g/mol. The van der Waals surface area contributed by atoms with Crippen LogP contribution in [0.25, 0.3) is 0 Å². The molecule has 0 bridgehead atoms. The minimum Gasteiger partial charge on any atom is -0.494 e. The summed E-state index contributed by atoms with van der Waals surface area (Å²) in [5.41, 5.74) is 0.270. The summed E-state index contributed by atoms with van der Waals surface area (Å²) in [6.45, 7) is 4.42. The van der Waals surface area contributed by atoms with E-state index >= 15 is 0 Å². The normalized spacial score (nSPS) is 12.5. The van der Waals surface area contributed by atoms with Crippen molar-refractivity contribution in [3.63, 3.8) is 0 Å². The smallest absolute Gasteiger partial charge is 0.341 e. The quantitative estimate of drug-likeness (QED) is 0.528. The van der Waals surface area contributed by atoms with E-state index < -0.39 is 22.2 Å². The Morgan fingerprint density at radius 2 is 1.59 bits per heavy atom. The summed E-state index contributed by atoms with van der Waals surface area (Å²) in [6.07, 6.45) is -0.557.